The van der Waals surface area contributed by atoms with Gasteiger partial charge in [-0.25, -0.2) is 4.57 Å². The lowest BCUT2D eigenvalue weighted by molar-refractivity contribution is -0.220. The number of hydrogen-bond donors (Lipinski definition) is 9. The molecule has 13 nitrogen and oxygen atoms in total. The summed E-state index contributed by atoms with van der Waals surface area (Å²) in [5, 5.41) is 74.5. The Morgan fingerprint density at radius 3 is 1.53 bits per heavy atom. The summed E-state index contributed by atoms with van der Waals surface area (Å²) in [6.07, 6.45) is 20.8. The van der Waals surface area contributed by atoms with E-state index in [2.05, 4.69) is 43.5 Å². The fourth-order valence-corrected chi connectivity index (χ4v) is 8.08. The van der Waals surface area contributed by atoms with Gasteiger partial charge < -0.3 is 46.0 Å². The monoisotopic (exact) mass is 836 g/mol. The van der Waals surface area contributed by atoms with Crippen molar-refractivity contribution in [1.29, 1.82) is 0 Å². The maximum absolute atomic E-state index is 13.0. The summed E-state index contributed by atoms with van der Waals surface area (Å²) < 4.78 is 22.9. The predicted molar refractivity (Wildman–Crippen MR) is 224 cm³/mol. The van der Waals surface area contributed by atoms with Crippen molar-refractivity contribution >= 4 is 13.7 Å². The Morgan fingerprint density at radius 2 is 1.02 bits per heavy atom. The summed E-state index contributed by atoms with van der Waals surface area (Å²) >= 11 is 0. The van der Waals surface area contributed by atoms with Crippen molar-refractivity contribution in [3.63, 3.8) is 0 Å². The maximum atomic E-state index is 13.0. The first-order chi connectivity index (χ1) is 27.3. The van der Waals surface area contributed by atoms with Crippen molar-refractivity contribution in [2.24, 2.45) is 0 Å². The number of allylic oxidation sites excluding steroid dienone is 4. The molecule has 1 amide bonds. The summed E-state index contributed by atoms with van der Waals surface area (Å²) in [6, 6.07) is -1.16. The summed E-state index contributed by atoms with van der Waals surface area (Å²) in [5.41, 5.74) is 0. The third kappa shape index (κ3) is 25.9. The number of aliphatic hydroxyl groups excluding tert-OH is 7. The van der Waals surface area contributed by atoms with Gasteiger partial charge in [-0.1, -0.05) is 160 Å². The van der Waals surface area contributed by atoms with E-state index in [-0.39, 0.29) is 12.8 Å². The molecule has 9 N–H and O–H groups in total. The highest BCUT2D eigenvalue weighted by Crippen LogP contribution is 2.47. The predicted octanol–water partition coefficient (Wildman–Crippen LogP) is 6.81. The van der Waals surface area contributed by atoms with Gasteiger partial charge in [-0.2, -0.15) is 0 Å². The van der Waals surface area contributed by atoms with Crippen LogP contribution in [-0.4, -0.2) is 108 Å². The third-order valence-electron chi connectivity index (χ3n) is 10.8. The van der Waals surface area contributed by atoms with Crippen LogP contribution in [0.5, 0.6) is 0 Å². The van der Waals surface area contributed by atoms with Crippen LogP contribution in [0, 0.1) is 0 Å². The second kappa shape index (κ2) is 33.5. The zero-order valence-corrected chi connectivity index (χ0v) is 36.1. The number of nitrogens with one attached hydrogen (secondary N) is 1. The fraction of sp³-hybridized carbons (Fsp3) is 0.884. The Balaban J connectivity index is 2.57. The van der Waals surface area contributed by atoms with E-state index in [0.717, 1.165) is 64.2 Å². The Kier molecular flexibility index (Phi) is 31.6. The Labute approximate surface area is 344 Å². The minimum Gasteiger partial charge on any atom is -0.393 e. The molecule has 1 aliphatic rings. The molecular formula is C43H82NO12P. The van der Waals surface area contributed by atoms with Gasteiger partial charge >= 0.3 is 7.82 Å². The maximum Gasteiger partial charge on any atom is 0.472 e. The second-order valence-electron chi connectivity index (χ2n) is 16.1. The van der Waals surface area contributed by atoms with E-state index in [0.29, 0.717) is 12.8 Å². The van der Waals surface area contributed by atoms with Crippen LogP contribution in [0.2, 0.25) is 0 Å². The quantitative estimate of drug-likeness (QED) is 0.0180. The van der Waals surface area contributed by atoms with Crippen LogP contribution in [0.15, 0.2) is 24.3 Å². The number of carbonyl (C=O) groups is 1. The smallest absolute Gasteiger partial charge is 0.393 e. The van der Waals surface area contributed by atoms with E-state index in [9.17, 15) is 50.0 Å². The number of hydrogen-bond acceptors (Lipinski definition) is 11. The molecule has 0 bridgehead atoms. The molecule has 14 heteroatoms. The van der Waals surface area contributed by atoms with E-state index < -0.39 is 75.2 Å². The molecule has 0 aromatic rings. The standard InChI is InChI=1S/C43H82NO12P/c1-3-5-7-9-11-13-15-17-19-21-23-25-27-29-31-36(46)35(33-55-57(53,54)56-43-41(51)39(49)38(48)40(50)42(43)52)44-37(47)32-34(45)30-28-26-24-22-20-18-16-14-12-10-8-6-4-2/h12,14,16,18,34-36,38-43,45-46,48-52H,3-11,13,15,17,19-33H2,1-2H3,(H,44,47)(H,53,54)/b14-12-,18-16-. The molecule has 8 unspecified atom stereocenters. The largest absolute Gasteiger partial charge is 0.472 e. The van der Waals surface area contributed by atoms with Crippen LogP contribution in [-0.2, 0) is 18.4 Å². The zero-order valence-electron chi connectivity index (χ0n) is 35.3. The van der Waals surface area contributed by atoms with Crippen LogP contribution in [0.4, 0.5) is 0 Å². The first-order valence-electron chi connectivity index (χ1n) is 22.4. The van der Waals surface area contributed by atoms with Crippen molar-refractivity contribution in [1.82, 2.24) is 5.32 Å². The van der Waals surface area contributed by atoms with Gasteiger partial charge in [0, 0.05) is 0 Å². The van der Waals surface area contributed by atoms with Gasteiger partial charge in [0.05, 0.1) is 31.3 Å². The Hall–Kier alpha value is -1.22. The number of aliphatic hydroxyl groups is 7. The van der Waals surface area contributed by atoms with Gasteiger partial charge in [0.15, 0.2) is 0 Å². The van der Waals surface area contributed by atoms with Crippen LogP contribution in [0.25, 0.3) is 0 Å². The summed E-state index contributed by atoms with van der Waals surface area (Å²) in [4.78, 5) is 23.4. The molecule has 1 aliphatic carbocycles. The molecule has 0 aromatic heterocycles. The van der Waals surface area contributed by atoms with Crippen molar-refractivity contribution in [3.05, 3.63) is 24.3 Å². The lowest BCUT2D eigenvalue weighted by Gasteiger charge is -2.41. The SMILES string of the molecule is CCCCC/C=C\C=C/CCCCCCC(O)CC(=O)NC(COP(=O)(O)OC1C(O)C(O)C(O)C(O)C1O)C(O)CCCCCCCCCCCCCCCC. The average molecular weight is 836 g/mol. The van der Waals surface area contributed by atoms with E-state index in [1.807, 2.05) is 0 Å². The van der Waals surface area contributed by atoms with Gasteiger partial charge in [0.1, 0.15) is 36.6 Å². The van der Waals surface area contributed by atoms with Crippen molar-refractivity contribution in [2.45, 2.75) is 236 Å². The summed E-state index contributed by atoms with van der Waals surface area (Å²) in [7, 11) is -5.12. The molecule has 8 atom stereocenters. The molecule has 0 heterocycles. The first kappa shape index (κ1) is 53.8. The van der Waals surface area contributed by atoms with E-state index in [1.54, 1.807) is 0 Å². The third-order valence-corrected chi connectivity index (χ3v) is 11.8. The number of unbranched alkanes of at least 4 members (excludes halogenated alkanes) is 20. The van der Waals surface area contributed by atoms with Crippen molar-refractivity contribution in [3.8, 4) is 0 Å². The minimum atomic E-state index is -5.12. The highest BCUT2D eigenvalue weighted by Gasteiger charge is 2.51. The van der Waals surface area contributed by atoms with Gasteiger partial charge in [0.25, 0.3) is 0 Å². The van der Waals surface area contributed by atoms with Gasteiger partial charge in [-0.15, -0.1) is 0 Å². The van der Waals surface area contributed by atoms with Gasteiger partial charge in [-0.05, 0) is 38.5 Å². The molecule has 1 fully saturated rings. The Morgan fingerprint density at radius 1 is 0.614 bits per heavy atom. The van der Waals surface area contributed by atoms with Crippen LogP contribution < -0.4 is 5.32 Å². The van der Waals surface area contributed by atoms with Crippen molar-refractivity contribution in [2.75, 3.05) is 6.61 Å². The molecule has 0 aromatic carbocycles. The molecule has 57 heavy (non-hydrogen) atoms. The normalized spacial score (nSPS) is 24.2. The highest BCUT2D eigenvalue weighted by molar-refractivity contribution is 7.47. The van der Waals surface area contributed by atoms with E-state index in [4.69, 9.17) is 9.05 Å². The molecule has 0 spiro atoms. The van der Waals surface area contributed by atoms with Crippen LogP contribution in [0.1, 0.15) is 181 Å². The molecule has 0 aliphatic heterocycles. The molecule has 0 saturated heterocycles. The van der Waals surface area contributed by atoms with E-state index >= 15 is 0 Å². The zero-order chi connectivity index (χ0) is 42.3. The molecule has 1 saturated carbocycles. The van der Waals surface area contributed by atoms with Crippen LogP contribution >= 0.6 is 7.82 Å². The second-order valence-corrected chi connectivity index (χ2v) is 17.5. The summed E-state index contributed by atoms with van der Waals surface area (Å²) in [6.45, 7) is 3.73. The lowest BCUT2D eigenvalue weighted by Crippen LogP contribution is -2.64. The van der Waals surface area contributed by atoms with Gasteiger partial charge in [-0.3, -0.25) is 13.8 Å². The van der Waals surface area contributed by atoms with Crippen LogP contribution in [0.3, 0.4) is 0 Å². The minimum absolute atomic E-state index is 0.235. The average Bonchev–Trinajstić information content (AvgIpc) is 3.18. The number of amides is 1. The van der Waals surface area contributed by atoms with E-state index in [1.165, 1.54) is 77.0 Å². The number of phosphoric acid groups is 1. The number of phosphoric ester groups is 1. The fourth-order valence-electron chi connectivity index (χ4n) is 7.12. The molecular weight excluding hydrogens is 753 g/mol. The number of rotatable bonds is 36. The highest BCUT2D eigenvalue weighted by atomic mass is 31.2. The molecule has 1 rings (SSSR count). The van der Waals surface area contributed by atoms with Gasteiger partial charge in [0.2, 0.25) is 5.91 Å². The van der Waals surface area contributed by atoms with Crippen molar-refractivity contribution < 1.29 is 59.0 Å². The Bertz CT molecular complexity index is 1080. The topological polar surface area (TPSA) is 226 Å². The molecule has 0 radical (unpaired) electrons. The number of carbonyl (C=O) groups excluding carboxylic acids is 1. The molecule has 336 valence electrons. The summed E-state index contributed by atoms with van der Waals surface area (Å²) in [5.74, 6) is -0.573. The first-order valence-corrected chi connectivity index (χ1v) is 23.9. The lowest BCUT2D eigenvalue weighted by atomic mass is 9.85.